The third-order valence-electron chi connectivity index (χ3n) is 2.38. The molecule has 0 aliphatic carbocycles. The Balaban J connectivity index is 2.36. The molecule has 0 fully saturated rings. The summed E-state index contributed by atoms with van der Waals surface area (Å²) >= 11 is 5.57. The minimum Gasteiger partial charge on any atom is -0.493 e. The van der Waals surface area contributed by atoms with Crippen LogP contribution in [0.1, 0.15) is 5.56 Å². The van der Waals surface area contributed by atoms with Crippen molar-refractivity contribution in [3.8, 4) is 17.4 Å². The van der Waals surface area contributed by atoms with Gasteiger partial charge in [0.15, 0.2) is 11.5 Å². The van der Waals surface area contributed by atoms with Gasteiger partial charge in [0.05, 0.1) is 12.7 Å². The van der Waals surface area contributed by atoms with Gasteiger partial charge >= 0.3 is 6.18 Å². The van der Waals surface area contributed by atoms with E-state index in [0.717, 1.165) is 12.1 Å². The Morgan fingerprint density at radius 1 is 1.10 bits per heavy atom. The van der Waals surface area contributed by atoms with Crippen molar-refractivity contribution in [1.82, 2.24) is 4.98 Å². The molecule has 0 amide bonds. The van der Waals surface area contributed by atoms with Crippen molar-refractivity contribution >= 4 is 11.6 Å². The van der Waals surface area contributed by atoms with E-state index in [1.807, 2.05) is 0 Å². The summed E-state index contributed by atoms with van der Waals surface area (Å²) in [7, 11) is 1.43. The molecule has 0 saturated carbocycles. The number of para-hydroxylation sites is 2. The van der Waals surface area contributed by atoms with Gasteiger partial charge in [0.1, 0.15) is 5.15 Å². The number of ether oxygens (including phenoxy) is 2. The highest BCUT2D eigenvalue weighted by Crippen LogP contribution is 2.35. The van der Waals surface area contributed by atoms with Gasteiger partial charge in [-0.15, -0.1) is 0 Å². The first-order valence-corrected chi connectivity index (χ1v) is 5.83. The molecular formula is C13H9ClF3NO2. The van der Waals surface area contributed by atoms with E-state index in [-0.39, 0.29) is 16.8 Å². The van der Waals surface area contributed by atoms with Crippen molar-refractivity contribution in [2.75, 3.05) is 7.11 Å². The van der Waals surface area contributed by atoms with Gasteiger partial charge in [-0.05, 0) is 18.2 Å². The number of rotatable bonds is 3. The van der Waals surface area contributed by atoms with Crippen LogP contribution in [0.4, 0.5) is 13.2 Å². The molecule has 0 spiro atoms. The van der Waals surface area contributed by atoms with Crippen LogP contribution in [0.15, 0.2) is 36.4 Å². The minimum atomic E-state index is -4.52. The number of aromatic nitrogens is 1. The maximum Gasteiger partial charge on any atom is 0.416 e. The molecule has 1 aromatic carbocycles. The lowest BCUT2D eigenvalue weighted by atomic mass is 10.2. The van der Waals surface area contributed by atoms with Crippen molar-refractivity contribution in [1.29, 1.82) is 0 Å². The fourth-order valence-corrected chi connectivity index (χ4v) is 1.71. The lowest BCUT2D eigenvalue weighted by molar-refractivity contribution is -0.137. The number of benzene rings is 1. The van der Waals surface area contributed by atoms with E-state index in [4.69, 9.17) is 21.1 Å². The summed E-state index contributed by atoms with van der Waals surface area (Å²) in [6.07, 6.45) is -4.52. The Labute approximate surface area is 117 Å². The summed E-state index contributed by atoms with van der Waals surface area (Å²) in [5.41, 5.74) is -0.928. The van der Waals surface area contributed by atoms with Crippen molar-refractivity contribution in [2.45, 2.75) is 6.18 Å². The second kappa shape index (κ2) is 5.58. The quantitative estimate of drug-likeness (QED) is 0.779. The van der Waals surface area contributed by atoms with E-state index in [2.05, 4.69) is 4.98 Å². The molecule has 0 N–H and O–H groups in total. The molecule has 2 aromatic rings. The maximum atomic E-state index is 12.7. The van der Waals surface area contributed by atoms with Crippen LogP contribution in [0.25, 0.3) is 0 Å². The zero-order valence-corrected chi connectivity index (χ0v) is 11.0. The standard InChI is InChI=1S/C13H9ClF3NO2/c1-19-9-4-2-3-5-10(9)20-12-7-8(13(15,16)17)6-11(14)18-12/h2-7H,1H3. The monoisotopic (exact) mass is 303 g/mol. The molecule has 0 radical (unpaired) electrons. The van der Waals surface area contributed by atoms with Gasteiger partial charge < -0.3 is 9.47 Å². The predicted molar refractivity (Wildman–Crippen MR) is 67.3 cm³/mol. The molecule has 0 aliphatic rings. The topological polar surface area (TPSA) is 31.4 Å². The van der Waals surface area contributed by atoms with E-state index < -0.39 is 11.7 Å². The minimum absolute atomic E-state index is 0.248. The molecule has 1 heterocycles. The van der Waals surface area contributed by atoms with E-state index in [1.54, 1.807) is 24.3 Å². The van der Waals surface area contributed by atoms with E-state index >= 15 is 0 Å². The summed E-state index contributed by atoms with van der Waals surface area (Å²) < 4.78 is 48.3. The predicted octanol–water partition coefficient (Wildman–Crippen LogP) is 4.55. The highest BCUT2D eigenvalue weighted by molar-refractivity contribution is 6.29. The van der Waals surface area contributed by atoms with E-state index in [9.17, 15) is 13.2 Å². The number of hydrogen-bond acceptors (Lipinski definition) is 3. The van der Waals surface area contributed by atoms with Crippen LogP contribution in [-0.4, -0.2) is 12.1 Å². The molecule has 0 atom stereocenters. The Morgan fingerprint density at radius 2 is 1.75 bits per heavy atom. The van der Waals surface area contributed by atoms with Crippen molar-refractivity contribution in [3.05, 3.63) is 47.1 Å². The number of pyridine rings is 1. The number of methoxy groups -OCH3 is 1. The Bertz CT molecular complexity index is 617. The summed E-state index contributed by atoms with van der Waals surface area (Å²) in [6.45, 7) is 0. The van der Waals surface area contributed by atoms with Crippen molar-refractivity contribution < 1.29 is 22.6 Å². The van der Waals surface area contributed by atoms with Crippen molar-refractivity contribution in [3.63, 3.8) is 0 Å². The lowest BCUT2D eigenvalue weighted by Gasteiger charge is -2.11. The molecular weight excluding hydrogens is 295 g/mol. The van der Waals surface area contributed by atoms with E-state index in [0.29, 0.717) is 5.75 Å². The highest BCUT2D eigenvalue weighted by Gasteiger charge is 2.32. The summed E-state index contributed by atoms with van der Waals surface area (Å²) in [5.74, 6) is 0.370. The van der Waals surface area contributed by atoms with Crippen LogP contribution in [0, 0.1) is 0 Å². The Hall–Kier alpha value is -1.95. The Kier molecular flexibility index (Phi) is 4.04. The largest absolute Gasteiger partial charge is 0.493 e. The van der Waals surface area contributed by atoms with Crippen LogP contribution in [-0.2, 0) is 6.18 Å². The van der Waals surface area contributed by atoms with Gasteiger partial charge in [-0.25, -0.2) is 4.98 Å². The number of nitrogens with zero attached hydrogens (tertiary/aromatic N) is 1. The molecule has 20 heavy (non-hydrogen) atoms. The lowest BCUT2D eigenvalue weighted by Crippen LogP contribution is -2.06. The van der Waals surface area contributed by atoms with Gasteiger partial charge in [0, 0.05) is 6.07 Å². The number of halogens is 4. The molecule has 1 aromatic heterocycles. The SMILES string of the molecule is COc1ccccc1Oc1cc(C(F)(F)F)cc(Cl)n1. The number of hydrogen-bond donors (Lipinski definition) is 0. The molecule has 2 rings (SSSR count). The second-order valence-electron chi connectivity index (χ2n) is 3.77. The van der Waals surface area contributed by atoms with Gasteiger partial charge in [-0.3, -0.25) is 0 Å². The summed E-state index contributed by atoms with van der Waals surface area (Å²) in [6, 6.07) is 8.04. The average Bonchev–Trinajstić information content (AvgIpc) is 2.37. The zero-order valence-electron chi connectivity index (χ0n) is 10.2. The summed E-state index contributed by atoms with van der Waals surface area (Å²) in [5, 5.41) is -0.301. The number of alkyl halides is 3. The smallest absolute Gasteiger partial charge is 0.416 e. The van der Waals surface area contributed by atoms with Crippen molar-refractivity contribution in [2.24, 2.45) is 0 Å². The Morgan fingerprint density at radius 3 is 2.35 bits per heavy atom. The molecule has 0 saturated heterocycles. The highest BCUT2D eigenvalue weighted by atomic mass is 35.5. The average molecular weight is 304 g/mol. The normalized spacial score (nSPS) is 11.2. The van der Waals surface area contributed by atoms with Crippen LogP contribution in [0.2, 0.25) is 5.15 Å². The first-order chi connectivity index (χ1) is 9.40. The first-order valence-electron chi connectivity index (χ1n) is 5.46. The van der Waals surface area contributed by atoms with Crippen LogP contribution in [0.3, 0.4) is 0 Å². The fraction of sp³-hybridized carbons (Fsp3) is 0.154. The molecule has 0 unspecified atom stereocenters. The first kappa shape index (κ1) is 14.5. The molecule has 3 nitrogen and oxygen atoms in total. The van der Waals surface area contributed by atoms with Gasteiger partial charge in [-0.2, -0.15) is 13.2 Å². The fourth-order valence-electron chi connectivity index (χ4n) is 1.50. The molecule has 106 valence electrons. The second-order valence-corrected chi connectivity index (χ2v) is 4.15. The van der Waals surface area contributed by atoms with E-state index in [1.165, 1.54) is 7.11 Å². The molecule has 0 bridgehead atoms. The van der Waals surface area contributed by atoms with Gasteiger partial charge in [0.25, 0.3) is 0 Å². The molecule has 7 heteroatoms. The molecule has 0 aliphatic heterocycles. The third kappa shape index (κ3) is 3.33. The third-order valence-corrected chi connectivity index (χ3v) is 2.58. The van der Waals surface area contributed by atoms with Crippen LogP contribution < -0.4 is 9.47 Å². The maximum absolute atomic E-state index is 12.7. The van der Waals surface area contributed by atoms with Gasteiger partial charge in [0.2, 0.25) is 5.88 Å². The van der Waals surface area contributed by atoms with Crippen LogP contribution >= 0.6 is 11.6 Å². The summed E-state index contributed by atoms with van der Waals surface area (Å²) in [4.78, 5) is 3.71. The van der Waals surface area contributed by atoms with Crippen LogP contribution in [0.5, 0.6) is 17.4 Å². The zero-order chi connectivity index (χ0) is 14.8. The van der Waals surface area contributed by atoms with Gasteiger partial charge in [-0.1, -0.05) is 23.7 Å².